The van der Waals surface area contributed by atoms with Gasteiger partial charge < -0.3 is 14.5 Å². The monoisotopic (exact) mass is 303 g/mol. The Labute approximate surface area is 128 Å². The molecule has 2 aromatic rings. The molecule has 116 valence electrons. The Balaban J connectivity index is 1.65. The quantitative estimate of drug-likeness (QED) is 0.920. The van der Waals surface area contributed by atoms with Gasteiger partial charge in [-0.25, -0.2) is 4.39 Å². The van der Waals surface area contributed by atoms with Crippen LogP contribution in [0.4, 0.5) is 4.39 Å². The number of amides is 1. The molecule has 2 atom stereocenters. The maximum absolute atomic E-state index is 13.3. The van der Waals surface area contributed by atoms with Crippen molar-refractivity contribution in [2.45, 2.75) is 25.8 Å². The first-order valence-corrected chi connectivity index (χ1v) is 7.29. The van der Waals surface area contributed by atoms with Gasteiger partial charge in [-0.2, -0.15) is 0 Å². The number of carbonyl (C=O) groups is 1. The van der Waals surface area contributed by atoms with Crippen LogP contribution in [0.3, 0.4) is 0 Å². The average molecular weight is 303 g/mol. The molecule has 1 aliphatic carbocycles. The van der Waals surface area contributed by atoms with Gasteiger partial charge in [-0.1, -0.05) is 6.92 Å². The molecular weight excluding hydrogens is 285 g/mol. The number of carbonyl (C=O) groups excluding carboxylic acids is 1. The highest BCUT2D eigenvalue weighted by Gasteiger charge is 2.36. The zero-order chi connectivity index (χ0) is 15.7. The molecule has 4 nitrogen and oxygen atoms in total. The van der Waals surface area contributed by atoms with Gasteiger partial charge in [-0.05, 0) is 42.7 Å². The van der Waals surface area contributed by atoms with E-state index in [0.29, 0.717) is 23.1 Å². The minimum absolute atomic E-state index is 0.176. The largest absolute Gasteiger partial charge is 0.496 e. The standard InChI is InChI=1S/C17H18FNO3/c1-10-7-13(10)15-5-6-16(22-15)17(20)19-9-11-8-12(18)3-4-14(11)21-2/h3-6,8,10,13H,7,9H2,1-2H3,(H,19,20)/t10-,13-/m1/s1. The first-order valence-electron chi connectivity index (χ1n) is 7.29. The van der Waals surface area contributed by atoms with Gasteiger partial charge in [0.25, 0.3) is 5.91 Å². The van der Waals surface area contributed by atoms with Crippen molar-refractivity contribution in [3.05, 3.63) is 53.2 Å². The van der Waals surface area contributed by atoms with E-state index in [1.807, 2.05) is 6.07 Å². The van der Waals surface area contributed by atoms with E-state index in [-0.39, 0.29) is 24.0 Å². The molecule has 1 aromatic heterocycles. The number of methoxy groups -OCH3 is 1. The predicted octanol–water partition coefficient (Wildman–Crippen LogP) is 3.48. The Morgan fingerprint density at radius 3 is 2.86 bits per heavy atom. The maximum atomic E-state index is 13.3. The number of halogens is 1. The second-order valence-corrected chi connectivity index (χ2v) is 5.66. The molecule has 1 fully saturated rings. The molecule has 1 N–H and O–H groups in total. The summed E-state index contributed by atoms with van der Waals surface area (Å²) in [6.07, 6.45) is 1.11. The van der Waals surface area contributed by atoms with E-state index in [1.165, 1.54) is 25.3 Å². The van der Waals surface area contributed by atoms with E-state index in [9.17, 15) is 9.18 Å². The van der Waals surface area contributed by atoms with Crippen LogP contribution in [0.2, 0.25) is 0 Å². The van der Waals surface area contributed by atoms with E-state index < -0.39 is 0 Å². The highest BCUT2D eigenvalue weighted by atomic mass is 19.1. The number of rotatable bonds is 5. The summed E-state index contributed by atoms with van der Waals surface area (Å²) in [7, 11) is 1.51. The topological polar surface area (TPSA) is 51.5 Å². The smallest absolute Gasteiger partial charge is 0.287 e. The Hall–Kier alpha value is -2.30. The molecule has 0 unspecified atom stereocenters. The van der Waals surface area contributed by atoms with Crippen molar-refractivity contribution in [3.8, 4) is 5.75 Å². The Kier molecular flexibility index (Phi) is 3.88. The number of benzene rings is 1. The van der Waals surface area contributed by atoms with Gasteiger partial charge in [0.05, 0.1) is 7.11 Å². The highest BCUT2D eigenvalue weighted by molar-refractivity contribution is 5.91. The van der Waals surface area contributed by atoms with Crippen molar-refractivity contribution in [1.29, 1.82) is 0 Å². The van der Waals surface area contributed by atoms with Crippen LogP contribution in [0.25, 0.3) is 0 Å². The van der Waals surface area contributed by atoms with Crippen LogP contribution < -0.4 is 10.1 Å². The van der Waals surface area contributed by atoms with Gasteiger partial charge in [0, 0.05) is 18.0 Å². The maximum Gasteiger partial charge on any atom is 0.287 e. The van der Waals surface area contributed by atoms with E-state index in [1.54, 1.807) is 6.07 Å². The van der Waals surface area contributed by atoms with Crippen LogP contribution in [-0.4, -0.2) is 13.0 Å². The van der Waals surface area contributed by atoms with Crippen molar-refractivity contribution in [2.75, 3.05) is 7.11 Å². The van der Waals surface area contributed by atoms with Crippen LogP contribution in [0.1, 0.15) is 41.1 Å². The summed E-state index contributed by atoms with van der Waals surface area (Å²) in [5.41, 5.74) is 0.582. The molecule has 1 heterocycles. The molecular formula is C17H18FNO3. The molecule has 3 rings (SSSR count). The third kappa shape index (κ3) is 2.98. The first kappa shape index (κ1) is 14.6. The summed E-state index contributed by atoms with van der Waals surface area (Å²) in [4.78, 5) is 12.1. The van der Waals surface area contributed by atoms with Crippen LogP contribution >= 0.6 is 0 Å². The minimum Gasteiger partial charge on any atom is -0.496 e. The molecule has 0 radical (unpaired) electrons. The van der Waals surface area contributed by atoms with E-state index >= 15 is 0 Å². The van der Waals surface area contributed by atoms with E-state index in [4.69, 9.17) is 9.15 Å². The van der Waals surface area contributed by atoms with Crippen LogP contribution in [0, 0.1) is 11.7 Å². The van der Waals surface area contributed by atoms with E-state index in [0.717, 1.165) is 12.2 Å². The van der Waals surface area contributed by atoms with Crippen LogP contribution in [0.15, 0.2) is 34.7 Å². The fraction of sp³-hybridized carbons (Fsp3) is 0.353. The molecule has 22 heavy (non-hydrogen) atoms. The lowest BCUT2D eigenvalue weighted by atomic mass is 10.2. The molecule has 1 aliphatic rings. The lowest BCUT2D eigenvalue weighted by Gasteiger charge is -2.09. The summed E-state index contributed by atoms with van der Waals surface area (Å²) in [6, 6.07) is 7.74. The van der Waals surface area contributed by atoms with Crippen molar-refractivity contribution in [1.82, 2.24) is 5.32 Å². The molecule has 1 amide bonds. The summed E-state index contributed by atoms with van der Waals surface area (Å²) >= 11 is 0. The zero-order valence-corrected chi connectivity index (χ0v) is 12.6. The molecule has 0 saturated heterocycles. The third-order valence-electron chi connectivity index (χ3n) is 4.01. The first-order chi connectivity index (χ1) is 10.6. The van der Waals surface area contributed by atoms with E-state index in [2.05, 4.69) is 12.2 Å². The van der Waals surface area contributed by atoms with Crippen molar-refractivity contribution >= 4 is 5.91 Å². The van der Waals surface area contributed by atoms with Crippen LogP contribution in [0.5, 0.6) is 5.75 Å². The molecule has 0 spiro atoms. The number of nitrogens with one attached hydrogen (secondary N) is 1. The third-order valence-corrected chi connectivity index (χ3v) is 4.01. The Morgan fingerprint density at radius 1 is 1.41 bits per heavy atom. The summed E-state index contributed by atoms with van der Waals surface area (Å²) in [6.45, 7) is 2.33. The summed E-state index contributed by atoms with van der Waals surface area (Å²) in [5, 5.41) is 2.72. The highest BCUT2D eigenvalue weighted by Crippen LogP contribution is 2.47. The normalized spacial score (nSPS) is 19.8. The number of hydrogen-bond donors (Lipinski definition) is 1. The molecule has 0 bridgehead atoms. The fourth-order valence-electron chi connectivity index (χ4n) is 2.54. The van der Waals surface area contributed by atoms with Gasteiger partial charge in [-0.3, -0.25) is 4.79 Å². The minimum atomic E-state index is -0.368. The second-order valence-electron chi connectivity index (χ2n) is 5.66. The molecule has 5 heteroatoms. The van der Waals surface area contributed by atoms with Gasteiger partial charge in [-0.15, -0.1) is 0 Å². The summed E-state index contributed by atoms with van der Waals surface area (Å²) in [5.74, 6) is 2.06. The number of ether oxygens (including phenoxy) is 1. The SMILES string of the molecule is COc1ccc(F)cc1CNC(=O)c1ccc([C@@H]2C[C@H]2C)o1. The van der Waals surface area contributed by atoms with Gasteiger partial charge >= 0.3 is 0 Å². The van der Waals surface area contributed by atoms with Crippen molar-refractivity contribution in [2.24, 2.45) is 5.92 Å². The van der Waals surface area contributed by atoms with Crippen molar-refractivity contribution in [3.63, 3.8) is 0 Å². The van der Waals surface area contributed by atoms with Gasteiger partial charge in [0.15, 0.2) is 5.76 Å². The number of hydrogen-bond acceptors (Lipinski definition) is 3. The lowest BCUT2D eigenvalue weighted by Crippen LogP contribution is -2.22. The summed E-state index contributed by atoms with van der Waals surface area (Å²) < 4.78 is 24.0. The molecule has 1 aromatic carbocycles. The predicted molar refractivity (Wildman–Crippen MR) is 79.4 cm³/mol. The van der Waals surface area contributed by atoms with Gasteiger partial charge in [0.2, 0.25) is 0 Å². The van der Waals surface area contributed by atoms with Crippen molar-refractivity contribution < 1.29 is 18.3 Å². The average Bonchev–Trinajstić information content (AvgIpc) is 3.04. The lowest BCUT2D eigenvalue weighted by molar-refractivity contribution is 0.0921. The molecule has 1 saturated carbocycles. The second kappa shape index (κ2) is 5.83. The zero-order valence-electron chi connectivity index (χ0n) is 12.6. The fourth-order valence-corrected chi connectivity index (χ4v) is 2.54. The van der Waals surface area contributed by atoms with Gasteiger partial charge in [0.1, 0.15) is 17.3 Å². The Morgan fingerprint density at radius 2 is 2.18 bits per heavy atom. The Bertz CT molecular complexity index is 695. The number of furan rings is 1. The van der Waals surface area contributed by atoms with Crippen LogP contribution in [-0.2, 0) is 6.54 Å². The molecule has 0 aliphatic heterocycles.